The normalized spacial score (nSPS) is 14.7. The van der Waals surface area contributed by atoms with Crippen LogP contribution in [0.2, 0.25) is 0 Å². The van der Waals surface area contributed by atoms with Crippen molar-refractivity contribution >= 4 is 11.6 Å². The van der Waals surface area contributed by atoms with Gasteiger partial charge < -0.3 is 5.32 Å². The Kier molecular flexibility index (Phi) is 4.70. The maximum absolute atomic E-state index is 12.7. The molecule has 0 unspecified atom stereocenters. The van der Waals surface area contributed by atoms with Crippen molar-refractivity contribution in [3.63, 3.8) is 0 Å². The zero-order chi connectivity index (χ0) is 19.0. The molecular formula is C20H26N6O. The first-order valence-electron chi connectivity index (χ1n) is 9.51. The molecule has 0 fully saturated rings. The highest BCUT2D eigenvalue weighted by molar-refractivity contribution is 5.94. The van der Waals surface area contributed by atoms with E-state index < -0.39 is 0 Å². The first-order chi connectivity index (χ1) is 13.0. The van der Waals surface area contributed by atoms with E-state index in [2.05, 4.69) is 44.9 Å². The van der Waals surface area contributed by atoms with Crippen LogP contribution in [0.3, 0.4) is 0 Å². The Balaban J connectivity index is 1.44. The highest BCUT2D eigenvalue weighted by Crippen LogP contribution is 2.16. The summed E-state index contributed by atoms with van der Waals surface area (Å²) in [5.74, 6) is 0.533. The topological polar surface area (TPSA) is 67.5 Å². The molecule has 3 aromatic heterocycles. The summed E-state index contributed by atoms with van der Waals surface area (Å²) in [6, 6.07) is 7.82. The number of nitrogens with one attached hydrogen (secondary N) is 1. The van der Waals surface area contributed by atoms with Gasteiger partial charge in [0.15, 0.2) is 0 Å². The first-order valence-corrected chi connectivity index (χ1v) is 9.51. The second kappa shape index (κ2) is 7.15. The second-order valence-electron chi connectivity index (χ2n) is 7.64. The molecule has 4 rings (SSSR count). The fourth-order valence-electron chi connectivity index (χ4n) is 3.78. The number of aryl methyl sites for hydroxylation is 1. The van der Waals surface area contributed by atoms with Crippen molar-refractivity contribution in [1.82, 2.24) is 29.4 Å². The smallest absolute Gasteiger partial charge is 0.270 e. The van der Waals surface area contributed by atoms with Crippen LogP contribution < -0.4 is 5.32 Å². The fourth-order valence-corrected chi connectivity index (χ4v) is 3.78. The summed E-state index contributed by atoms with van der Waals surface area (Å²) in [4.78, 5) is 19.6. The molecule has 4 heterocycles. The molecule has 0 atom stereocenters. The van der Waals surface area contributed by atoms with Crippen molar-refractivity contribution in [2.24, 2.45) is 5.92 Å². The van der Waals surface area contributed by atoms with Gasteiger partial charge in [0.25, 0.3) is 5.91 Å². The van der Waals surface area contributed by atoms with E-state index in [-0.39, 0.29) is 5.91 Å². The molecule has 0 spiro atoms. The molecule has 0 aromatic carbocycles. The standard InChI is InChI=1S/C20H26N6O/c1-14(2)12-24-8-9-26-17(13-24)10-16(23-26)11-21-20(27)19-15(3)22-18-6-4-5-7-25(18)19/h4-7,10,14H,8-9,11-13H2,1-3H3,(H,21,27). The lowest BCUT2D eigenvalue weighted by molar-refractivity contribution is 0.0943. The van der Waals surface area contributed by atoms with Crippen LogP contribution >= 0.6 is 0 Å². The van der Waals surface area contributed by atoms with Crippen molar-refractivity contribution in [3.8, 4) is 0 Å². The number of aromatic nitrogens is 4. The SMILES string of the molecule is Cc1nc2ccccn2c1C(=O)NCc1cc2n(n1)CCN(CC(C)C)C2. The van der Waals surface area contributed by atoms with Gasteiger partial charge in [-0.25, -0.2) is 4.98 Å². The predicted octanol–water partition coefficient (Wildman–Crippen LogP) is 2.24. The maximum Gasteiger partial charge on any atom is 0.270 e. The van der Waals surface area contributed by atoms with Gasteiger partial charge in [-0.1, -0.05) is 19.9 Å². The molecule has 7 nitrogen and oxygen atoms in total. The minimum Gasteiger partial charge on any atom is -0.345 e. The van der Waals surface area contributed by atoms with Crippen molar-refractivity contribution in [2.45, 2.75) is 40.4 Å². The average Bonchev–Trinajstić information content (AvgIpc) is 3.18. The highest BCUT2D eigenvalue weighted by Gasteiger charge is 2.20. The van der Waals surface area contributed by atoms with Crippen LogP contribution in [-0.2, 0) is 19.6 Å². The molecule has 0 aliphatic carbocycles. The lowest BCUT2D eigenvalue weighted by Crippen LogP contribution is -2.36. The van der Waals surface area contributed by atoms with E-state index in [0.29, 0.717) is 18.2 Å². The first kappa shape index (κ1) is 17.7. The van der Waals surface area contributed by atoms with Crippen LogP contribution in [0.4, 0.5) is 0 Å². The van der Waals surface area contributed by atoms with Gasteiger partial charge in [-0.15, -0.1) is 0 Å². The Morgan fingerprint density at radius 3 is 2.96 bits per heavy atom. The molecule has 0 radical (unpaired) electrons. The third kappa shape index (κ3) is 3.60. The second-order valence-corrected chi connectivity index (χ2v) is 7.64. The number of pyridine rings is 1. The van der Waals surface area contributed by atoms with E-state index in [4.69, 9.17) is 0 Å². The van der Waals surface area contributed by atoms with Crippen LogP contribution in [0.5, 0.6) is 0 Å². The van der Waals surface area contributed by atoms with Gasteiger partial charge in [-0.3, -0.25) is 18.8 Å². The van der Waals surface area contributed by atoms with Crippen LogP contribution in [0.15, 0.2) is 30.5 Å². The van der Waals surface area contributed by atoms with Crippen LogP contribution in [0.25, 0.3) is 5.65 Å². The summed E-state index contributed by atoms with van der Waals surface area (Å²) in [7, 11) is 0. The zero-order valence-electron chi connectivity index (χ0n) is 16.1. The lowest BCUT2D eigenvalue weighted by Gasteiger charge is -2.28. The van der Waals surface area contributed by atoms with Gasteiger partial charge >= 0.3 is 0 Å². The number of carbonyl (C=O) groups excluding carboxylic acids is 1. The average molecular weight is 366 g/mol. The van der Waals surface area contributed by atoms with Crippen molar-refractivity contribution in [3.05, 3.63) is 53.2 Å². The van der Waals surface area contributed by atoms with Gasteiger partial charge in [-0.2, -0.15) is 5.10 Å². The van der Waals surface area contributed by atoms with Gasteiger partial charge in [-0.05, 0) is 31.0 Å². The van der Waals surface area contributed by atoms with Crippen LogP contribution in [-0.4, -0.2) is 43.1 Å². The highest BCUT2D eigenvalue weighted by atomic mass is 16.1. The molecule has 0 saturated heterocycles. The van der Waals surface area contributed by atoms with E-state index in [1.807, 2.05) is 35.7 Å². The van der Waals surface area contributed by atoms with E-state index in [1.165, 1.54) is 5.69 Å². The number of nitrogens with zero attached hydrogens (tertiary/aromatic N) is 5. The molecule has 27 heavy (non-hydrogen) atoms. The third-order valence-electron chi connectivity index (χ3n) is 4.90. The Morgan fingerprint density at radius 1 is 1.30 bits per heavy atom. The molecule has 7 heteroatoms. The summed E-state index contributed by atoms with van der Waals surface area (Å²) in [6.07, 6.45) is 1.86. The van der Waals surface area contributed by atoms with Crippen molar-refractivity contribution in [2.75, 3.05) is 13.1 Å². The Labute approximate surface area is 159 Å². The molecule has 0 bridgehead atoms. The van der Waals surface area contributed by atoms with E-state index in [0.717, 1.165) is 43.2 Å². The van der Waals surface area contributed by atoms with Gasteiger partial charge in [0.05, 0.1) is 30.2 Å². The van der Waals surface area contributed by atoms with E-state index in [1.54, 1.807) is 0 Å². The number of hydrogen-bond donors (Lipinski definition) is 1. The molecule has 1 aliphatic heterocycles. The van der Waals surface area contributed by atoms with Gasteiger partial charge in [0.1, 0.15) is 11.3 Å². The summed E-state index contributed by atoms with van der Waals surface area (Å²) in [6.45, 7) is 10.7. The number of amides is 1. The number of rotatable bonds is 5. The Morgan fingerprint density at radius 2 is 2.15 bits per heavy atom. The summed E-state index contributed by atoms with van der Waals surface area (Å²) in [5, 5.41) is 7.65. The molecule has 1 amide bonds. The summed E-state index contributed by atoms with van der Waals surface area (Å²) >= 11 is 0. The summed E-state index contributed by atoms with van der Waals surface area (Å²) < 4.78 is 3.89. The molecule has 142 valence electrons. The Bertz CT molecular complexity index is 970. The fraction of sp³-hybridized carbons (Fsp3) is 0.450. The Hall–Kier alpha value is -2.67. The number of hydrogen-bond acceptors (Lipinski definition) is 4. The molecule has 1 aliphatic rings. The minimum absolute atomic E-state index is 0.126. The molecule has 3 aromatic rings. The van der Waals surface area contributed by atoms with E-state index in [9.17, 15) is 4.79 Å². The number of fused-ring (bicyclic) bond motifs is 2. The molecule has 1 N–H and O–H groups in total. The summed E-state index contributed by atoms with van der Waals surface area (Å²) in [5.41, 5.74) is 4.21. The maximum atomic E-state index is 12.7. The van der Waals surface area contributed by atoms with Gasteiger partial charge in [0, 0.05) is 25.8 Å². The minimum atomic E-state index is -0.126. The largest absolute Gasteiger partial charge is 0.345 e. The number of carbonyl (C=O) groups is 1. The van der Waals surface area contributed by atoms with E-state index >= 15 is 0 Å². The number of imidazole rings is 1. The third-order valence-corrected chi connectivity index (χ3v) is 4.90. The van der Waals surface area contributed by atoms with Crippen molar-refractivity contribution in [1.29, 1.82) is 0 Å². The lowest BCUT2D eigenvalue weighted by atomic mass is 10.2. The van der Waals surface area contributed by atoms with Crippen LogP contribution in [0.1, 0.15) is 41.4 Å². The quantitative estimate of drug-likeness (QED) is 0.752. The van der Waals surface area contributed by atoms with Crippen LogP contribution in [0, 0.1) is 12.8 Å². The molecule has 0 saturated carbocycles. The molecular weight excluding hydrogens is 340 g/mol. The zero-order valence-corrected chi connectivity index (χ0v) is 16.1. The predicted molar refractivity (Wildman–Crippen MR) is 103 cm³/mol. The monoisotopic (exact) mass is 366 g/mol. The van der Waals surface area contributed by atoms with Gasteiger partial charge in [0.2, 0.25) is 0 Å². The van der Waals surface area contributed by atoms with Crippen molar-refractivity contribution < 1.29 is 4.79 Å².